The number of sulfonamides is 1. The minimum Gasteiger partial charge on any atom is -0.355 e. The zero-order chi connectivity index (χ0) is 25.6. The third-order valence-electron chi connectivity index (χ3n) is 6.21. The second-order valence-corrected chi connectivity index (χ2v) is 11.9. The third-order valence-corrected chi connectivity index (χ3v) is 9.25. The van der Waals surface area contributed by atoms with E-state index in [1.54, 1.807) is 7.05 Å². The first kappa shape index (κ1) is 27.3. The molecule has 1 aliphatic heterocycles. The third kappa shape index (κ3) is 6.30. The van der Waals surface area contributed by atoms with Gasteiger partial charge in [-0.3, -0.25) is 9.59 Å². The summed E-state index contributed by atoms with van der Waals surface area (Å²) in [5.74, 6) is -0.595. The van der Waals surface area contributed by atoms with Crippen molar-refractivity contribution >= 4 is 38.2 Å². The van der Waals surface area contributed by atoms with E-state index in [2.05, 4.69) is 15.5 Å². The van der Waals surface area contributed by atoms with Gasteiger partial charge in [0.05, 0.1) is 10.5 Å². The van der Waals surface area contributed by atoms with Gasteiger partial charge in [-0.05, 0) is 56.1 Å². The van der Waals surface area contributed by atoms with Crippen molar-refractivity contribution in [3.63, 3.8) is 0 Å². The standard InChI is InChI=1S/C25H36N4O4S2/c1-5-7-14-29(15-8-6-2)35(32,33)19-11-9-18(10-12-19)23(30)27-25-22(24(31)26-3)20-13-16-28(4)17-21(20)34-25/h9-12H,5-8,13-17H2,1-4H3,(H,26,31)(H,27,30). The lowest BCUT2D eigenvalue weighted by Crippen LogP contribution is -2.33. The van der Waals surface area contributed by atoms with E-state index in [-0.39, 0.29) is 16.7 Å². The second kappa shape index (κ2) is 12.1. The van der Waals surface area contributed by atoms with E-state index in [1.807, 2.05) is 20.9 Å². The maximum atomic E-state index is 13.2. The van der Waals surface area contributed by atoms with Gasteiger partial charge in [0.1, 0.15) is 5.00 Å². The summed E-state index contributed by atoms with van der Waals surface area (Å²) in [5, 5.41) is 6.09. The molecule has 35 heavy (non-hydrogen) atoms. The highest BCUT2D eigenvalue weighted by Gasteiger charge is 2.28. The second-order valence-electron chi connectivity index (χ2n) is 8.86. The van der Waals surface area contributed by atoms with E-state index in [0.717, 1.165) is 55.6 Å². The molecule has 0 unspecified atom stereocenters. The molecule has 2 amide bonds. The number of rotatable bonds is 11. The summed E-state index contributed by atoms with van der Waals surface area (Å²) in [5.41, 5.74) is 1.85. The van der Waals surface area contributed by atoms with Gasteiger partial charge in [0.25, 0.3) is 11.8 Å². The normalized spacial score (nSPS) is 14.1. The number of likely N-dealkylation sites (N-methyl/N-ethyl adjacent to an activating group) is 1. The van der Waals surface area contributed by atoms with E-state index in [4.69, 9.17) is 0 Å². The van der Waals surface area contributed by atoms with E-state index in [9.17, 15) is 18.0 Å². The van der Waals surface area contributed by atoms with Crippen LogP contribution in [0.3, 0.4) is 0 Å². The molecule has 2 aromatic rings. The van der Waals surface area contributed by atoms with E-state index in [0.29, 0.717) is 29.2 Å². The van der Waals surface area contributed by atoms with Gasteiger partial charge in [-0.25, -0.2) is 8.42 Å². The lowest BCUT2D eigenvalue weighted by Gasteiger charge is -2.22. The predicted molar refractivity (Wildman–Crippen MR) is 141 cm³/mol. The Bertz CT molecular complexity index is 1130. The molecule has 0 fully saturated rings. The topological polar surface area (TPSA) is 98.8 Å². The summed E-state index contributed by atoms with van der Waals surface area (Å²) in [6.07, 6.45) is 4.19. The van der Waals surface area contributed by atoms with Crippen molar-refractivity contribution in [2.24, 2.45) is 0 Å². The maximum absolute atomic E-state index is 13.2. The van der Waals surface area contributed by atoms with Gasteiger partial charge >= 0.3 is 0 Å². The first-order valence-corrected chi connectivity index (χ1v) is 14.4. The zero-order valence-corrected chi connectivity index (χ0v) is 22.7. The maximum Gasteiger partial charge on any atom is 0.256 e. The van der Waals surface area contributed by atoms with Crippen molar-refractivity contribution in [3.05, 3.63) is 45.8 Å². The van der Waals surface area contributed by atoms with Crippen LogP contribution in [-0.4, -0.2) is 63.2 Å². The van der Waals surface area contributed by atoms with Crippen LogP contribution in [0.2, 0.25) is 0 Å². The largest absolute Gasteiger partial charge is 0.355 e. The number of benzene rings is 1. The minimum atomic E-state index is -3.63. The Balaban J connectivity index is 1.81. The first-order valence-electron chi connectivity index (χ1n) is 12.2. The summed E-state index contributed by atoms with van der Waals surface area (Å²) in [7, 11) is -0.0202. The molecule has 1 aliphatic rings. The lowest BCUT2D eigenvalue weighted by atomic mass is 10.0. The average Bonchev–Trinajstić information content (AvgIpc) is 3.20. The van der Waals surface area contributed by atoms with Crippen LogP contribution in [0.15, 0.2) is 29.2 Å². The number of nitrogens with one attached hydrogen (secondary N) is 2. The van der Waals surface area contributed by atoms with Crippen LogP contribution in [0.25, 0.3) is 0 Å². The van der Waals surface area contributed by atoms with Gasteiger partial charge in [0, 0.05) is 43.7 Å². The van der Waals surface area contributed by atoms with Crippen LogP contribution in [0.5, 0.6) is 0 Å². The van der Waals surface area contributed by atoms with Gasteiger partial charge in [-0.2, -0.15) is 4.31 Å². The molecule has 0 spiro atoms. The van der Waals surface area contributed by atoms with Crippen LogP contribution in [0, 0.1) is 0 Å². The SMILES string of the molecule is CCCCN(CCCC)S(=O)(=O)c1ccc(C(=O)Nc2sc3c(c2C(=O)NC)CCN(C)C3)cc1. The van der Waals surface area contributed by atoms with Crippen molar-refractivity contribution in [2.75, 3.05) is 39.0 Å². The Morgan fingerprint density at radius 1 is 1.06 bits per heavy atom. The molecule has 0 bridgehead atoms. The number of anilines is 1. The molecule has 8 nitrogen and oxygen atoms in total. The molecule has 1 aromatic carbocycles. The van der Waals surface area contributed by atoms with Crippen LogP contribution >= 0.6 is 11.3 Å². The van der Waals surface area contributed by atoms with Crippen molar-refractivity contribution in [1.82, 2.24) is 14.5 Å². The van der Waals surface area contributed by atoms with Crippen molar-refractivity contribution < 1.29 is 18.0 Å². The molecule has 1 aromatic heterocycles. The van der Waals surface area contributed by atoms with Crippen LogP contribution < -0.4 is 10.6 Å². The Hall–Kier alpha value is -2.27. The molecule has 10 heteroatoms. The molecule has 192 valence electrons. The Morgan fingerprint density at radius 2 is 1.69 bits per heavy atom. The summed E-state index contributed by atoms with van der Waals surface area (Å²) in [6, 6.07) is 6.04. The number of hydrogen-bond acceptors (Lipinski definition) is 6. The lowest BCUT2D eigenvalue weighted by molar-refractivity contribution is 0.0962. The number of amides is 2. The number of unbranched alkanes of at least 4 members (excludes halogenated alkanes) is 2. The first-order chi connectivity index (χ1) is 16.7. The van der Waals surface area contributed by atoms with Gasteiger partial charge in [-0.15, -0.1) is 11.3 Å². The number of hydrogen-bond donors (Lipinski definition) is 2. The molecule has 3 rings (SSSR count). The number of carbonyl (C=O) groups excluding carboxylic acids is 2. The molecular formula is C25H36N4O4S2. The summed E-state index contributed by atoms with van der Waals surface area (Å²) in [6.45, 7) is 6.64. The number of nitrogens with zero attached hydrogens (tertiary/aromatic N) is 2. The molecule has 0 aliphatic carbocycles. The van der Waals surface area contributed by atoms with Gasteiger partial charge < -0.3 is 15.5 Å². The van der Waals surface area contributed by atoms with Crippen LogP contribution in [0.1, 0.15) is 70.7 Å². The highest BCUT2D eigenvalue weighted by Crippen LogP contribution is 2.37. The quantitative estimate of drug-likeness (QED) is 0.468. The monoisotopic (exact) mass is 520 g/mol. The molecule has 0 radical (unpaired) electrons. The molecule has 2 heterocycles. The number of thiophene rings is 1. The molecular weight excluding hydrogens is 484 g/mol. The van der Waals surface area contributed by atoms with Crippen LogP contribution in [-0.2, 0) is 23.0 Å². The highest BCUT2D eigenvalue weighted by molar-refractivity contribution is 7.89. The highest BCUT2D eigenvalue weighted by atomic mass is 32.2. The van der Waals surface area contributed by atoms with E-state index >= 15 is 0 Å². The zero-order valence-electron chi connectivity index (χ0n) is 21.0. The Morgan fingerprint density at radius 3 is 2.26 bits per heavy atom. The van der Waals surface area contributed by atoms with E-state index < -0.39 is 10.0 Å². The average molecular weight is 521 g/mol. The fourth-order valence-electron chi connectivity index (χ4n) is 4.11. The number of fused-ring (bicyclic) bond motifs is 1. The fourth-order valence-corrected chi connectivity index (χ4v) is 6.95. The van der Waals surface area contributed by atoms with Crippen molar-refractivity contribution in [3.8, 4) is 0 Å². The Kier molecular flexibility index (Phi) is 9.46. The van der Waals surface area contributed by atoms with Crippen molar-refractivity contribution in [2.45, 2.75) is 57.4 Å². The smallest absolute Gasteiger partial charge is 0.256 e. The van der Waals surface area contributed by atoms with Gasteiger partial charge in [0.2, 0.25) is 10.0 Å². The molecule has 2 N–H and O–H groups in total. The molecule has 0 saturated carbocycles. The minimum absolute atomic E-state index is 0.182. The van der Waals surface area contributed by atoms with Crippen LogP contribution in [0.4, 0.5) is 5.00 Å². The summed E-state index contributed by atoms with van der Waals surface area (Å²) >= 11 is 1.42. The van der Waals surface area contributed by atoms with Crippen molar-refractivity contribution in [1.29, 1.82) is 0 Å². The Labute approximate surface area is 212 Å². The summed E-state index contributed by atoms with van der Waals surface area (Å²) < 4.78 is 27.9. The fraction of sp³-hybridized carbons (Fsp3) is 0.520. The van der Waals surface area contributed by atoms with E-state index in [1.165, 1.54) is 39.9 Å². The summed E-state index contributed by atoms with van der Waals surface area (Å²) in [4.78, 5) is 29.1. The number of carbonyl (C=O) groups is 2. The molecule has 0 atom stereocenters. The predicted octanol–water partition coefficient (Wildman–Crippen LogP) is 3.94. The van der Waals surface area contributed by atoms with Gasteiger partial charge in [-0.1, -0.05) is 26.7 Å². The van der Waals surface area contributed by atoms with Gasteiger partial charge in [0.15, 0.2) is 0 Å². The molecule has 0 saturated heterocycles.